The van der Waals surface area contributed by atoms with Crippen LogP contribution in [-0.2, 0) is 0 Å². The first-order valence-corrected chi connectivity index (χ1v) is 6.14. The van der Waals surface area contributed by atoms with Gasteiger partial charge in [0.2, 0.25) is 0 Å². The van der Waals surface area contributed by atoms with Gasteiger partial charge in [0, 0.05) is 6.54 Å². The van der Waals surface area contributed by atoms with E-state index in [1.54, 1.807) is 23.5 Å². The number of nitrogens with zero attached hydrogens (tertiary/aromatic N) is 1. The van der Waals surface area contributed by atoms with Crippen LogP contribution in [0.15, 0.2) is 11.2 Å². The molecule has 1 heterocycles. The Bertz CT molecular complexity index is 232. The summed E-state index contributed by atoms with van der Waals surface area (Å²) in [6.07, 6.45) is 5.91. The van der Waals surface area contributed by atoms with Gasteiger partial charge in [-0.25, -0.2) is 4.98 Å². The molecule has 3 nitrogen and oxygen atoms in total. The van der Waals surface area contributed by atoms with Crippen LogP contribution >= 0.6 is 23.5 Å². The summed E-state index contributed by atoms with van der Waals surface area (Å²) in [6.45, 7) is 0.627. The van der Waals surface area contributed by atoms with E-state index in [4.69, 9.17) is 5.73 Å². The maximum absolute atomic E-state index is 5.58. The lowest BCUT2D eigenvalue weighted by Gasteiger charge is -2.06. The van der Waals surface area contributed by atoms with E-state index < -0.39 is 0 Å². The molecule has 1 rings (SSSR count). The smallest absolute Gasteiger partial charge is 0.121 e. The number of rotatable bonds is 4. The second-order valence-electron chi connectivity index (χ2n) is 2.30. The highest BCUT2D eigenvalue weighted by atomic mass is 32.2. The maximum Gasteiger partial charge on any atom is 0.121 e. The average Bonchev–Trinajstić information content (AvgIpc) is 2.55. The van der Waals surface area contributed by atoms with Crippen molar-refractivity contribution in [1.82, 2.24) is 9.97 Å². The normalized spacial score (nSPS) is 13.2. The zero-order valence-electron chi connectivity index (χ0n) is 7.20. The minimum atomic E-state index is 0.297. The minimum Gasteiger partial charge on any atom is -0.336 e. The molecule has 1 atom stereocenters. The predicted molar refractivity (Wildman–Crippen MR) is 55.7 cm³/mol. The molecule has 0 aliphatic heterocycles. The topological polar surface area (TPSA) is 54.7 Å². The lowest BCUT2D eigenvalue weighted by Crippen LogP contribution is -2.10. The number of H-pyrrole nitrogens is 1. The van der Waals surface area contributed by atoms with E-state index in [2.05, 4.69) is 9.97 Å². The van der Waals surface area contributed by atoms with Gasteiger partial charge in [-0.3, -0.25) is 0 Å². The van der Waals surface area contributed by atoms with Crippen molar-refractivity contribution in [3.8, 4) is 0 Å². The molecule has 0 aliphatic carbocycles. The molecule has 0 amide bonds. The van der Waals surface area contributed by atoms with Gasteiger partial charge in [-0.05, 0) is 12.5 Å². The van der Waals surface area contributed by atoms with Crippen molar-refractivity contribution >= 4 is 23.5 Å². The van der Waals surface area contributed by atoms with E-state index in [1.807, 2.05) is 18.7 Å². The Balaban J connectivity index is 2.72. The molecule has 0 aliphatic rings. The van der Waals surface area contributed by atoms with Crippen LogP contribution in [0.25, 0.3) is 0 Å². The van der Waals surface area contributed by atoms with Crippen molar-refractivity contribution < 1.29 is 0 Å². The highest BCUT2D eigenvalue weighted by Crippen LogP contribution is 2.24. The predicted octanol–water partition coefficient (Wildman–Crippen LogP) is 1.49. The third-order valence-electron chi connectivity index (χ3n) is 1.60. The summed E-state index contributed by atoms with van der Waals surface area (Å²) < 4.78 is 0. The summed E-state index contributed by atoms with van der Waals surface area (Å²) in [4.78, 5) is 7.47. The number of imidazole rings is 1. The number of aromatic nitrogens is 2. The van der Waals surface area contributed by atoms with E-state index in [9.17, 15) is 0 Å². The minimum absolute atomic E-state index is 0.297. The molecule has 68 valence electrons. The van der Waals surface area contributed by atoms with Gasteiger partial charge in [0.05, 0.1) is 16.5 Å². The molecular weight excluding hydrogens is 190 g/mol. The first-order chi connectivity index (χ1) is 5.81. The molecule has 1 aromatic rings. The second-order valence-corrected chi connectivity index (χ2v) is 4.19. The fourth-order valence-electron chi connectivity index (χ4n) is 0.906. The average molecular weight is 203 g/mol. The summed E-state index contributed by atoms with van der Waals surface area (Å²) in [7, 11) is 0. The first kappa shape index (κ1) is 9.95. The van der Waals surface area contributed by atoms with Crippen molar-refractivity contribution in [2.75, 3.05) is 19.1 Å². The molecule has 3 N–H and O–H groups in total. The van der Waals surface area contributed by atoms with E-state index in [0.717, 1.165) is 10.9 Å². The van der Waals surface area contributed by atoms with Gasteiger partial charge >= 0.3 is 0 Å². The van der Waals surface area contributed by atoms with E-state index in [-0.39, 0.29) is 0 Å². The molecule has 0 radical (unpaired) electrons. The highest BCUT2D eigenvalue weighted by molar-refractivity contribution is 7.99. The highest BCUT2D eigenvalue weighted by Gasteiger charge is 2.10. The van der Waals surface area contributed by atoms with Crippen molar-refractivity contribution in [2.24, 2.45) is 5.73 Å². The lowest BCUT2D eigenvalue weighted by atomic mass is 10.4. The fourth-order valence-corrected chi connectivity index (χ4v) is 1.81. The zero-order chi connectivity index (χ0) is 8.97. The molecule has 1 aromatic heterocycles. The fraction of sp³-hybridized carbons (Fsp3) is 0.571. The Morgan fingerprint density at radius 1 is 1.67 bits per heavy atom. The van der Waals surface area contributed by atoms with Crippen LogP contribution in [0.5, 0.6) is 0 Å². The molecule has 0 bridgehead atoms. The van der Waals surface area contributed by atoms with Gasteiger partial charge in [-0.1, -0.05) is 0 Å². The van der Waals surface area contributed by atoms with Crippen LogP contribution < -0.4 is 5.73 Å². The summed E-state index contributed by atoms with van der Waals surface area (Å²) in [5, 5.41) is 1.39. The van der Waals surface area contributed by atoms with Crippen LogP contribution in [0.4, 0.5) is 0 Å². The van der Waals surface area contributed by atoms with Crippen LogP contribution in [0.3, 0.4) is 0 Å². The molecule has 0 fully saturated rings. The van der Waals surface area contributed by atoms with E-state index in [1.165, 1.54) is 0 Å². The Labute approximate surface area is 80.9 Å². The summed E-state index contributed by atoms with van der Waals surface area (Å²) in [5.74, 6) is 0.981. The van der Waals surface area contributed by atoms with E-state index >= 15 is 0 Å². The quantitative estimate of drug-likeness (QED) is 0.728. The monoisotopic (exact) mass is 203 g/mol. The molecule has 1 unspecified atom stereocenters. The number of hydrogen-bond acceptors (Lipinski definition) is 4. The largest absolute Gasteiger partial charge is 0.336 e. The third-order valence-corrected chi connectivity index (χ3v) is 3.23. The molecule has 0 aromatic carbocycles. The Kier molecular flexibility index (Phi) is 3.97. The Morgan fingerprint density at radius 3 is 2.83 bits per heavy atom. The van der Waals surface area contributed by atoms with Gasteiger partial charge < -0.3 is 10.7 Å². The van der Waals surface area contributed by atoms with Crippen LogP contribution in [-0.4, -0.2) is 29.0 Å². The van der Waals surface area contributed by atoms with Gasteiger partial charge in [0.1, 0.15) is 5.82 Å². The van der Waals surface area contributed by atoms with Crippen molar-refractivity contribution in [3.05, 3.63) is 12.0 Å². The Hall–Kier alpha value is -0.130. The SMILES string of the molecule is CSc1cnc(C(CN)SC)[nH]1. The van der Waals surface area contributed by atoms with Gasteiger partial charge in [-0.15, -0.1) is 11.8 Å². The molecule has 0 saturated carbocycles. The second kappa shape index (κ2) is 4.79. The van der Waals surface area contributed by atoms with Gasteiger partial charge in [-0.2, -0.15) is 11.8 Å². The number of aromatic amines is 1. The molecule has 0 spiro atoms. The number of hydrogen-bond donors (Lipinski definition) is 2. The number of nitrogens with two attached hydrogens (primary N) is 1. The lowest BCUT2D eigenvalue weighted by molar-refractivity contribution is 0.865. The molecule has 12 heavy (non-hydrogen) atoms. The summed E-state index contributed by atoms with van der Waals surface area (Å²) >= 11 is 3.38. The summed E-state index contributed by atoms with van der Waals surface area (Å²) in [6, 6.07) is 0. The van der Waals surface area contributed by atoms with Crippen LogP contribution in [0.1, 0.15) is 11.1 Å². The van der Waals surface area contributed by atoms with Crippen molar-refractivity contribution in [1.29, 1.82) is 0 Å². The van der Waals surface area contributed by atoms with E-state index in [0.29, 0.717) is 11.8 Å². The van der Waals surface area contributed by atoms with Gasteiger partial charge in [0.15, 0.2) is 0 Å². The number of thioether (sulfide) groups is 2. The molecular formula is C7H13N3S2. The van der Waals surface area contributed by atoms with Crippen molar-refractivity contribution in [3.63, 3.8) is 0 Å². The zero-order valence-corrected chi connectivity index (χ0v) is 8.84. The van der Waals surface area contributed by atoms with Crippen molar-refractivity contribution in [2.45, 2.75) is 10.3 Å². The third kappa shape index (κ3) is 2.18. The standard InChI is InChI=1S/C7H13N3S2/c1-11-5(3-8)7-9-4-6(10-7)12-2/h4-5H,3,8H2,1-2H3,(H,9,10). The van der Waals surface area contributed by atoms with Gasteiger partial charge in [0.25, 0.3) is 0 Å². The first-order valence-electron chi connectivity index (χ1n) is 3.63. The Morgan fingerprint density at radius 2 is 2.42 bits per heavy atom. The number of nitrogens with one attached hydrogen (secondary N) is 1. The van der Waals surface area contributed by atoms with Crippen LogP contribution in [0.2, 0.25) is 0 Å². The van der Waals surface area contributed by atoms with Crippen LogP contribution in [0, 0.1) is 0 Å². The molecule has 5 heteroatoms. The maximum atomic E-state index is 5.58. The molecule has 0 saturated heterocycles. The summed E-state index contributed by atoms with van der Waals surface area (Å²) in [5.41, 5.74) is 5.58.